The summed E-state index contributed by atoms with van der Waals surface area (Å²) in [5.74, 6) is 0.191. The summed E-state index contributed by atoms with van der Waals surface area (Å²) in [5, 5.41) is 3.37. The molecule has 0 aromatic carbocycles. The van der Waals surface area contributed by atoms with Crippen LogP contribution in [0.5, 0.6) is 0 Å². The SMILES string of the molecule is C[C@@H](N)c1nc(CCC(F)(F)F)no1. The van der Waals surface area contributed by atoms with E-state index in [-0.39, 0.29) is 18.1 Å². The molecule has 1 rings (SSSR count). The van der Waals surface area contributed by atoms with Crippen LogP contribution in [-0.4, -0.2) is 16.3 Å². The highest BCUT2D eigenvalue weighted by Gasteiger charge is 2.27. The van der Waals surface area contributed by atoms with Gasteiger partial charge in [-0.15, -0.1) is 0 Å². The Bertz CT molecular complexity index is 295. The van der Waals surface area contributed by atoms with Gasteiger partial charge in [-0.2, -0.15) is 18.2 Å². The molecule has 0 saturated heterocycles. The Hall–Kier alpha value is -1.11. The van der Waals surface area contributed by atoms with Crippen molar-refractivity contribution in [1.82, 2.24) is 10.1 Å². The van der Waals surface area contributed by atoms with Crippen LogP contribution >= 0.6 is 0 Å². The van der Waals surface area contributed by atoms with Crippen LogP contribution in [0, 0.1) is 0 Å². The lowest BCUT2D eigenvalue weighted by Crippen LogP contribution is -2.09. The van der Waals surface area contributed by atoms with Crippen LogP contribution in [0.25, 0.3) is 0 Å². The van der Waals surface area contributed by atoms with Crippen molar-refractivity contribution in [2.45, 2.75) is 32.0 Å². The van der Waals surface area contributed by atoms with Gasteiger partial charge in [0, 0.05) is 6.42 Å². The molecule has 0 radical (unpaired) electrons. The van der Waals surface area contributed by atoms with E-state index in [9.17, 15) is 13.2 Å². The van der Waals surface area contributed by atoms with Crippen LogP contribution in [-0.2, 0) is 6.42 Å². The van der Waals surface area contributed by atoms with Gasteiger partial charge in [0.2, 0.25) is 5.89 Å². The Labute approximate surface area is 78.3 Å². The van der Waals surface area contributed by atoms with Gasteiger partial charge in [-0.25, -0.2) is 0 Å². The highest BCUT2D eigenvalue weighted by molar-refractivity contribution is 4.90. The van der Waals surface area contributed by atoms with Crippen molar-refractivity contribution in [1.29, 1.82) is 0 Å². The van der Waals surface area contributed by atoms with Gasteiger partial charge in [0.05, 0.1) is 12.5 Å². The zero-order valence-corrected chi connectivity index (χ0v) is 7.51. The van der Waals surface area contributed by atoms with Gasteiger partial charge in [0.1, 0.15) is 0 Å². The second-order valence-corrected chi connectivity index (χ2v) is 2.95. The average Bonchev–Trinajstić information content (AvgIpc) is 2.47. The Morgan fingerprint density at radius 3 is 2.57 bits per heavy atom. The molecule has 4 nitrogen and oxygen atoms in total. The Morgan fingerprint density at radius 2 is 2.14 bits per heavy atom. The normalized spacial score (nSPS) is 14.4. The van der Waals surface area contributed by atoms with E-state index in [2.05, 4.69) is 14.7 Å². The number of halogens is 3. The maximum absolute atomic E-state index is 11.8. The van der Waals surface area contributed by atoms with Crippen LogP contribution in [0.1, 0.15) is 31.1 Å². The molecule has 2 N–H and O–H groups in total. The molecular weight excluding hydrogens is 199 g/mol. The Kier molecular flexibility index (Phi) is 3.10. The molecule has 1 heterocycles. The molecule has 0 aliphatic carbocycles. The minimum atomic E-state index is -4.20. The number of alkyl halides is 3. The van der Waals surface area contributed by atoms with Gasteiger partial charge >= 0.3 is 6.18 Å². The number of nitrogens with zero attached hydrogens (tertiary/aromatic N) is 2. The van der Waals surface area contributed by atoms with Crippen LogP contribution < -0.4 is 5.73 Å². The van der Waals surface area contributed by atoms with E-state index in [0.29, 0.717) is 0 Å². The van der Waals surface area contributed by atoms with E-state index in [1.165, 1.54) is 0 Å². The number of nitrogens with two attached hydrogens (primary N) is 1. The number of rotatable bonds is 3. The minimum absolute atomic E-state index is 0.0367. The zero-order chi connectivity index (χ0) is 10.8. The molecule has 7 heteroatoms. The van der Waals surface area contributed by atoms with Crippen molar-refractivity contribution in [3.05, 3.63) is 11.7 Å². The van der Waals surface area contributed by atoms with E-state index < -0.39 is 18.6 Å². The third kappa shape index (κ3) is 3.33. The molecule has 0 bridgehead atoms. The first-order valence-corrected chi connectivity index (χ1v) is 4.03. The van der Waals surface area contributed by atoms with E-state index in [4.69, 9.17) is 5.73 Å². The van der Waals surface area contributed by atoms with Gasteiger partial charge in [-0.1, -0.05) is 5.16 Å². The summed E-state index contributed by atoms with van der Waals surface area (Å²) in [6.45, 7) is 1.61. The topological polar surface area (TPSA) is 64.9 Å². The average molecular weight is 209 g/mol. The first-order valence-electron chi connectivity index (χ1n) is 4.03. The first kappa shape index (κ1) is 11.0. The predicted molar refractivity (Wildman–Crippen MR) is 41.3 cm³/mol. The number of hydrogen-bond acceptors (Lipinski definition) is 4. The second kappa shape index (κ2) is 3.95. The summed E-state index contributed by atoms with van der Waals surface area (Å²) < 4.78 is 40.0. The lowest BCUT2D eigenvalue weighted by molar-refractivity contribution is -0.134. The van der Waals surface area contributed by atoms with Crippen molar-refractivity contribution in [2.24, 2.45) is 5.73 Å². The van der Waals surface area contributed by atoms with E-state index >= 15 is 0 Å². The zero-order valence-electron chi connectivity index (χ0n) is 7.51. The van der Waals surface area contributed by atoms with Crippen molar-refractivity contribution in [2.75, 3.05) is 0 Å². The van der Waals surface area contributed by atoms with Crippen molar-refractivity contribution >= 4 is 0 Å². The molecule has 14 heavy (non-hydrogen) atoms. The maximum Gasteiger partial charge on any atom is 0.389 e. The quantitative estimate of drug-likeness (QED) is 0.820. The number of aryl methyl sites for hydroxylation is 1. The van der Waals surface area contributed by atoms with Crippen molar-refractivity contribution in [3.63, 3.8) is 0 Å². The van der Waals surface area contributed by atoms with Crippen molar-refractivity contribution < 1.29 is 17.7 Å². The van der Waals surface area contributed by atoms with E-state index in [1.54, 1.807) is 6.92 Å². The molecule has 0 spiro atoms. The molecule has 0 unspecified atom stereocenters. The van der Waals surface area contributed by atoms with Crippen molar-refractivity contribution in [3.8, 4) is 0 Å². The number of aromatic nitrogens is 2. The van der Waals surface area contributed by atoms with Crippen LogP contribution in [0.4, 0.5) is 13.2 Å². The molecule has 0 fully saturated rings. The molecule has 1 aromatic heterocycles. The first-order chi connectivity index (χ1) is 6.38. The summed E-state index contributed by atoms with van der Waals surface area (Å²) in [7, 11) is 0. The van der Waals surface area contributed by atoms with Crippen LogP contribution in [0.3, 0.4) is 0 Å². The van der Waals surface area contributed by atoms with Gasteiger partial charge < -0.3 is 10.3 Å². The van der Waals surface area contributed by atoms with Crippen LogP contribution in [0.15, 0.2) is 4.52 Å². The molecule has 0 aliphatic heterocycles. The predicted octanol–water partition coefficient (Wildman–Crippen LogP) is 1.58. The highest BCUT2D eigenvalue weighted by atomic mass is 19.4. The van der Waals surface area contributed by atoms with Gasteiger partial charge in [0.25, 0.3) is 0 Å². The fourth-order valence-electron chi connectivity index (χ4n) is 0.808. The summed E-state index contributed by atoms with van der Waals surface area (Å²) in [6.07, 6.45) is -5.43. The second-order valence-electron chi connectivity index (χ2n) is 2.95. The molecule has 0 amide bonds. The molecule has 0 aliphatic rings. The Morgan fingerprint density at radius 1 is 1.50 bits per heavy atom. The van der Waals surface area contributed by atoms with Gasteiger partial charge in [-0.3, -0.25) is 0 Å². The highest BCUT2D eigenvalue weighted by Crippen LogP contribution is 2.21. The molecule has 1 atom stereocenters. The summed E-state index contributed by atoms with van der Waals surface area (Å²) in [5.41, 5.74) is 5.39. The molecule has 0 saturated carbocycles. The largest absolute Gasteiger partial charge is 0.389 e. The monoisotopic (exact) mass is 209 g/mol. The lowest BCUT2D eigenvalue weighted by atomic mass is 10.3. The van der Waals surface area contributed by atoms with E-state index in [0.717, 1.165) is 0 Å². The molecule has 1 aromatic rings. The smallest absolute Gasteiger partial charge is 0.338 e. The summed E-state index contributed by atoms with van der Waals surface area (Å²) >= 11 is 0. The Balaban J connectivity index is 2.52. The summed E-state index contributed by atoms with van der Waals surface area (Å²) in [4.78, 5) is 3.71. The third-order valence-corrected chi connectivity index (χ3v) is 1.51. The number of hydrogen-bond donors (Lipinski definition) is 1. The lowest BCUT2D eigenvalue weighted by Gasteiger charge is -2.01. The molecule has 80 valence electrons. The van der Waals surface area contributed by atoms with Crippen LogP contribution in [0.2, 0.25) is 0 Å². The minimum Gasteiger partial charge on any atom is -0.338 e. The summed E-state index contributed by atoms with van der Waals surface area (Å²) in [6, 6.07) is -0.456. The van der Waals surface area contributed by atoms with Gasteiger partial charge in [0.15, 0.2) is 5.82 Å². The third-order valence-electron chi connectivity index (χ3n) is 1.51. The fourth-order valence-corrected chi connectivity index (χ4v) is 0.808. The van der Waals surface area contributed by atoms with Gasteiger partial charge in [-0.05, 0) is 6.92 Å². The van der Waals surface area contributed by atoms with E-state index in [1.807, 2.05) is 0 Å². The maximum atomic E-state index is 11.8. The standard InChI is InChI=1S/C7H10F3N3O/c1-4(11)6-12-5(13-14-6)2-3-7(8,9)10/h4H,2-3,11H2,1H3/t4-/m1/s1. The fraction of sp³-hybridized carbons (Fsp3) is 0.714. The molecular formula is C7H10F3N3O.